The summed E-state index contributed by atoms with van der Waals surface area (Å²) in [6.45, 7) is 0. The van der Waals surface area contributed by atoms with Gasteiger partial charge in [0, 0.05) is 12.6 Å². The van der Waals surface area contributed by atoms with Crippen molar-refractivity contribution >= 4 is 28.4 Å². The van der Waals surface area contributed by atoms with E-state index in [0.29, 0.717) is 5.15 Å². The van der Waals surface area contributed by atoms with Crippen molar-refractivity contribution < 1.29 is 4.79 Å². The molecule has 0 saturated heterocycles. The molecule has 1 aromatic heterocycles. The van der Waals surface area contributed by atoms with Gasteiger partial charge in [0.15, 0.2) is 0 Å². The third-order valence-corrected chi connectivity index (χ3v) is 1.49. The summed E-state index contributed by atoms with van der Waals surface area (Å²) < 4.78 is 0. The summed E-state index contributed by atoms with van der Waals surface area (Å²) in [5.41, 5.74) is 0.773. The molecule has 1 rings (SSSR count). The highest BCUT2D eigenvalue weighted by molar-refractivity contribution is 6.63. The van der Waals surface area contributed by atoms with E-state index in [4.69, 9.17) is 23.2 Å². The number of hydrogen-bond donors (Lipinski definition) is 0. The maximum Gasteiger partial charge on any atom is 0.226 e. The molecular formula is C7H5Cl2NO. The predicted octanol–water partition coefficient (Wildman–Crippen LogP) is 2.04. The molecule has 0 fully saturated rings. The lowest BCUT2D eigenvalue weighted by atomic mass is 10.2. The van der Waals surface area contributed by atoms with Crippen molar-refractivity contribution in [2.75, 3.05) is 0 Å². The van der Waals surface area contributed by atoms with Crippen molar-refractivity contribution in [2.24, 2.45) is 0 Å². The number of aromatic nitrogens is 1. The van der Waals surface area contributed by atoms with Gasteiger partial charge in [-0.15, -0.1) is 0 Å². The van der Waals surface area contributed by atoms with E-state index in [1.54, 1.807) is 12.1 Å². The van der Waals surface area contributed by atoms with E-state index in [-0.39, 0.29) is 6.42 Å². The topological polar surface area (TPSA) is 30.0 Å². The third kappa shape index (κ3) is 2.87. The molecule has 4 heteroatoms. The lowest BCUT2D eigenvalue weighted by molar-refractivity contribution is -0.111. The van der Waals surface area contributed by atoms with Crippen molar-refractivity contribution in [3.63, 3.8) is 0 Å². The summed E-state index contributed by atoms with van der Waals surface area (Å²) in [6.07, 6.45) is 1.73. The molecule has 1 heterocycles. The van der Waals surface area contributed by atoms with Crippen molar-refractivity contribution in [1.29, 1.82) is 0 Å². The molecule has 0 aliphatic carbocycles. The van der Waals surface area contributed by atoms with Gasteiger partial charge < -0.3 is 0 Å². The molecule has 11 heavy (non-hydrogen) atoms. The Morgan fingerprint density at radius 1 is 1.55 bits per heavy atom. The number of rotatable bonds is 2. The van der Waals surface area contributed by atoms with Crippen LogP contribution in [0.4, 0.5) is 0 Å². The van der Waals surface area contributed by atoms with Crippen LogP contribution in [0.15, 0.2) is 18.3 Å². The van der Waals surface area contributed by atoms with Crippen LogP contribution in [0.1, 0.15) is 5.56 Å². The minimum absolute atomic E-state index is 0.200. The average Bonchev–Trinajstić information content (AvgIpc) is 1.93. The minimum atomic E-state index is -0.394. The Labute approximate surface area is 74.1 Å². The summed E-state index contributed by atoms with van der Waals surface area (Å²) in [7, 11) is 0. The van der Waals surface area contributed by atoms with Crippen LogP contribution in [0.2, 0.25) is 5.15 Å². The quantitative estimate of drug-likeness (QED) is 0.527. The Kier molecular flexibility index (Phi) is 2.85. The molecule has 2 nitrogen and oxygen atoms in total. The summed E-state index contributed by atoms with van der Waals surface area (Å²) in [5, 5.41) is 0.0184. The maximum atomic E-state index is 10.4. The summed E-state index contributed by atoms with van der Waals surface area (Å²) >= 11 is 10.7. The van der Waals surface area contributed by atoms with Crippen molar-refractivity contribution in [1.82, 2.24) is 4.98 Å². The van der Waals surface area contributed by atoms with E-state index in [1.165, 1.54) is 6.20 Å². The monoisotopic (exact) mass is 189 g/mol. The van der Waals surface area contributed by atoms with Crippen LogP contribution in [0.5, 0.6) is 0 Å². The molecule has 0 amide bonds. The van der Waals surface area contributed by atoms with Crippen LogP contribution in [0, 0.1) is 0 Å². The van der Waals surface area contributed by atoms with Crippen LogP contribution in [-0.2, 0) is 11.2 Å². The zero-order chi connectivity index (χ0) is 8.27. The Hall–Kier alpha value is -0.600. The first-order chi connectivity index (χ1) is 5.18. The van der Waals surface area contributed by atoms with Gasteiger partial charge >= 0.3 is 0 Å². The minimum Gasteiger partial charge on any atom is -0.281 e. The summed E-state index contributed by atoms with van der Waals surface area (Å²) in [4.78, 5) is 14.2. The van der Waals surface area contributed by atoms with Crippen LogP contribution in [0.3, 0.4) is 0 Å². The first-order valence-electron chi connectivity index (χ1n) is 2.97. The molecule has 0 radical (unpaired) electrons. The largest absolute Gasteiger partial charge is 0.281 e. The molecule has 0 aromatic carbocycles. The fraction of sp³-hybridized carbons (Fsp3) is 0.143. The normalized spacial score (nSPS) is 9.64. The number of carbonyl (C=O) groups is 1. The van der Waals surface area contributed by atoms with Crippen LogP contribution in [-0.4, -0.2) is 10.2 Å². The summed E-state index contributed by atoms with van der Waals surface area (Å²) in [6, 6.07) is 3.34. The predicted molar refractivity (Wildman–Crippen MR) is 43.8 cm³/mol. The molecule has 0 spiro atoms. The van der Waals surface area contributed by atoms with E-state index >= 15 is 0 Å². The van der Waals surface area contributed by atoms with Gasteiger partial charge in [0.25, 0.3) is 0 Å². The molecule has 0 aliphatic heterocycles. The smallest absolute Gasteiger partial charge is 0.226 e. The molecule has 0 saturated carbocycles. The second kappa shape index (κ2) is 3.69. The van der Waals surface area contributed by atoms with E-state index in [9.17, 15) is 4.79 Å². The van der Waals surface area contributed by atoms with Crippen LogP contribution >= 0.6 is 23.2 Å². The van der Waals surface area contributed by atoms with Gasteiger partial charge in [0.05, 0.1) is 0 Å². The Bertz CT molecular complexity index is 258. The lowest BCUT2D eigenvalue weighted by Gasteiger charge is -1.94. The molecule has 0 unspecified atom stereocenters. The SMILES string of the molecule is O=C(Cl)Cc1ccc(Cl)nc1. The van der Waals surface area contributed by atoms with Gasteiger partial charge in [-0.1, -0.05) is 17.7 Å². The molecule has 58 valence electrons. The molecule has 0 atom stereocenters. The highest BCUT2D eigenvalue weighted by Gasteiger charge is 1.98. The summed E-state index contributed by atoms with van der Waals surface area (Å²) in [5.74, 6) is 0. The van der Waals surface area contributed by atoms with Crippen LogP contribution < -0.4 is 0 Å². The molecule has 0 bridgehead atoms. The zero-order valence-electron chi connectivity index (χ0n) is 5.55. The highest BCUT2D eigenvalue weighted by atomic mass is 35.5. The van der Waals surface area contributed by atoms with Crippen LogP contribution in [0.25, 0.3) is 0 Å². The van der Waals surface area contributed by atoms with Crippen molar-refractivity contribution in [3.05, 3.63) is 29.0 Å². The second-order valence-electron chi connectivity index (χ2n) is 2.02. The van der Waals surface area contributed by atoms with Gasteiger partial charge in [0.1, 0.15) is 5.15 Å². The fourth-order valence-corrected chi connectivity index (χ4v) is 0.938. The molecule has 1 aromatic rings. The van der Waals surface area contributed by atoms with Crippen molar-refractivity contribution in [2.45, 2.75) is 6.42 Å². The van der Waals surface area contributed by atoms with E-state index < -0.39 is 5.24 Å². The standard InChI is InChI=1S/C7H5Cl2NO/c8-6-2-1-5(4-10-6)3-7(9)11/h1-2,4H,3H2. The maximum absolute atomic E-state index is 10.4. The third-order valence-electron chi connectivity index (χ3n) is 1.13. The zero-order valence-corrected chi connectivity index (χ0v) is 7.06. The second-order valence-corrected chi connectivity index (χ2v) is 2.83. The van der Waals surface area contributed by atoms with E-state index in [1.807, 2.05) is 0 Å². The lowest BCUT2D eigenvalue weighted by Crippen LogP contribution is -1.93. The number of carbonyl (C=O) groups excluding carboxylic acids is 1. The van der Waals surface area contributed by atoms with Gasteiger partial charge in [-0.2, -0.15) is 0 Å². The number of hydrogen-bond acceptors (Lipinski definition) is 2. The number of nitrogens with zero attached hydrogens (tertiary/aromatic N) is 1. The van der Waals surface area contributed by atoms with Crippen molar-refractivity contribution in [3.8, 4) is 0 Å². The highest BCUT2D eigenvalue weighted by Crippen LogP contribution is 2.06. The number of pyridine rings is 1. The Balaban J connectivity index is 2.74. The Morgan fingerprint density at radius 3 is 2.73 bits per heavy atom. The van der Waals surface area contributed by atoms with Gasteiger partial charge in [-0.05, 0) is 23.2 Å². The first kappa shape index (κ1) is 8.50. The van der Waals surface area contributed by atoms with Gasteiger partial charge in [-0.3, -0.25) is 4.79 Å². The number of halogens is 2. The van der Waals surface area contributed by atoms with Gasteiger partial charge in [0.2, 0.25) is 5.24 Å². The first-order valence-corrected chi connectivity index (χ1v) is 3.73. The average molecular weight is 190 g/mol. The van der Waals surface area contributed by atoms with E-state index in [0.717, 1.165) is 5.56 Å². The Morgan fingerprint density at radius 2 is 2.27 bits per heavy atom. The fourth-order valence-electron chi connectivity index (χ4n) is 0.671. The van der Waals surface area contributed by atoms with Gasteiger partial charge in [-0.25, -0.2) is 4.98 Å². The molecular weight excluding hydrogens is 185 g/mol. The van der Waals surface area contributed by atoms with E-state index in [2.05, 4.69) is 4.98 Å². The molecule has 0 N–H and O–H groups in total. The molecule has 0 aliphatic rings.